The van der Waals surface area contributed by atoms with Crippen LogP contribution in [0.15, 0.2) is 24.3 Å². The SMILES string of the molecule is COc1cccc(N(C)c2nc3c(s2)CCCC3=O)c1. The van der Waals surface area contributed by atoms with Crippen LogP contribution in [0.4, 0.5) is 10.8 Å². The van der Waals surface area contributed by atoms with Crippen LogP contribution < -0.4 is 9.64 Å². The zero-order chi connectivity index (χ0) is 14.1. The number of aryl methyl sites for hydroxylation is 1. The first-order valence-corrected chi connectivity index (χ1v) is 7.41. The molecule has 2 aromatic rings. The molecule has 0 fully saturated rings. The molecule has 104 valence electrons. The van der Waals surface area contributed by atoms with Gasteiger partial charge in [-0.05, 0) is 25.0 Å². The van der Waals surface area contributed by atoms with Crippen LogP contribution in [0.1, 0.15) is 28.2 Å². The van der Waals surface area contributed by atoms with Crippen LogP contribution in [0.3, 0.4) is 0 Å². The topological polar surface area (TPSA) is 42.4 Å². The lowest BCUT2D eigenvalue weighted by Gasteiger charge is -2.16. The Morgan fingerprint density at radius 1 is 1.35 bits per heavy atom. The highest BCUT2D eigenvalue weighted by Crippen LogP contribution is 2.35. The number of ether oxygens (including phenoxy) is 1. The number of anilines is 2. The van der Waals surface area contributed by atoms with Gasteiger partial charge >= 0.3 is 0 Å². The maximum atomic E-state index is 11.9. The second kappa shape index (κ2) is 5.25. The summed E-state index contributed by atoms with van der Waals surface area (Å²) in [5, 5.41) is 0.860. The first kappa shape index (κ1) is 13.1. The summed E-state index contributed by atoms with van der Waals surface area (Å²) in [7, 11) is 3.61. The molecule has 0 atom stereocenters. The second-order valence-corrected chi connectivity index (χ2v) is 5.87. The second-order valence-electron chi connectivity index (χ2n) is 4.81. The van der Waals surface area contributed by atoms with E-state index in [9.17, 15) is 4.79 Å². The van der Waals surface area contributed by atoms with E-state index in [4.69, 9.17) is 4.74 Å². The van der Waals surface area contributed by atoms with Gasteiger partial charge in [0.1, 0.15) is 11.4 Å². The van der Waals surface area contributed by atoms with E-state index >= 15 is 0 Å². The van der Waals surface area contributed by atoms with Crippen LogP contribution in [0.2, 0.25) is 0 Å². The van der Waals surface area contributed by atoms with E-state index in [1.165, 1.54) is 0 Å². The van der Waals surface area contributed by atoms with Crippen molar-refractivity contribution in [3.63, 3.8) is 0 Å². The number of aromatic nitrogens is 1. The molecule has 4 nitrogen and oxygen atoms in total. The number of Topliss-reactive ketones (excluding diaryl/α,β-unsaturated/α-hetero) is 1. The number of hydrogen-bond donors (Lipinski definition) is 0. The molecule has 0 radical (unpaired) electrons. The van der Waals surface area contributed by atoms with Gasteiger partial charge < -0.3 is 9.64 Å². The van der Waals surface area contributed by atoms with Gasteiger partial charge in [0.15, 0.2) is 10.9 Å². The Bertz CT molecular complexity index is 651. The Labute approximate surface area is 122 Å². The average molecular weight is 288 g/mol. The van der Waals surface area contributed by atoms with Crippen molar-refractivity contribution in [2.45, 2.75) is 19.3 Å². The number of benzene rings is 1. The zero-order valence-corrected chi connectivity index (χ0v) is 12.4. The van der Waals surface area contributed by atoms with E-state index in [0.29, 0.717) is 12.1 Å². The molecule has 0 amide bonds. The van der Waals surface area contributed by atoms with Gasteiger partial charge in [0.2, 0.25) is 0 Å². The summed E-state index contributed by atoms with van der Waals surface area (Å²) < 4.78 is 5.24. The maximum Gasteiger partial charge on any atom is 0.190 e. The standard InChI is InChI=1S/C15H16N2O2S/c1-17(10-5-3-6-11(9-10)19-2)15-16-14-12(18)7-4-8-13(14)20-15/h3,5-6,9H,4,7-8H2,1-2H3. The van der Waals surface area contributed by atoms with Gasteiger partial charge in [-0.25, -0.2) is 4.98 Å². The van der Waals surface area contributed by atoms with Crippen molar-refractivity contribution in [3.8, 4) is 5.75 Å². The highest BCUT2D eigenvalue weighted by Gasteiger charge is 2.23. The van der Waals surface area contributed by atoms with Gasteiger partial charge in [0.05, 0.1) is 7.11 Å². The number of rotatable bonds is 3. The quantitative estimate of drug-likeness (QED) is 0.867. The third-order valence-electron chi connectivity index (χ3n) is 3.49. The minimum Gasteiger partial charge on any atom is -0.497 e. The van der Waals surface area contributed by atoms with E-state index in [1.807, 2.05) is 36.2 Å². The molecule has 1 aliphatic carbocycles. The first-order valence-electron chi connectivity index (χ1n) is 6.59. The average Bonchev–Trinajstić information content (AvgIpc) is 2.92. The lowest BCUT2D eigenvalue weighted by atomic mass is 10.0. The third-order valence-corrected chi connectivity index (χ3v) is 4.68. The summed E-state index contributed by atoms with van der Waals surface area (Å²) in [5.74, 6) is 0.986. The van der Waals surface area contributed by atoms with E-state index < -0.39 is 0 Å². The number of nitrogens with zero attached hydrogens (tertiary/aromatic N) is 2. The molecule has 5 heteroatoms. The number of carbonyl (C=O) groups is 1. The van der Waals surface area contributed by atoms with E-state index in [0.717, 1.165) is 34.3 Å². The fourth-order valence-corrected chi connectivity index (χ4v) is 3.43. The molecule has 0 N–H and O–H groups in total. The van der Waals surface area contributed by atoms with Crippen LogP contribution >= 0.6 is 11.3 Å². The van der Waals surface area contributed by atoms with Gasteiger partial charge in [0, 0.05) is 30.1 Å². The van der Waals surface area contributed by atoms with Gasteiger partial charge in [-0.2, -0.15) is 0 Å². The summed E-state index contributed by atoms with van der Waals surface area (Å²) >= 11 is 1.61. The molecule has 0 aliphatic heterocycles. The molecule has 1 aliphatic rings. The van der Waals surface area contributed by atoms with Crippen LogP contribution in [0.25, 0.3) is 0 Å². The minimum absolute atomic E-state index is 0.174. The predicted octanol–water partition coefficient (Wildman–Crippen LogP) is 3.44. The van der Waals surface area contributed by atoms with Crippen LogP contribution in [-0.4, -0.2) is 24.9 Å². The smallest absolute Gasteiger partial charge is 0.190 e. The van der Waals surface area contributed by atoms with E-state index in [1.54, 1.807) is 18.4 Å². The number of fused-ring (bicyclic) bond motifs is 1. The molecule has 0 unspecified atom stereocenters. The van der Waals surface area contributed by atoms with Crippen LogP contribution in [0.5, 0.6) is 5.75 Å². The Hall–Kier alpha value is -1.88. The van der Waals surface area contributed by atoms with Gasteiger partial charge in [-0.3, -0.25) is 4.79 Å². The molecule has 1 aromatic carbocycles. The highest BCUT2D eigenvalue weighted by molar-refractivity contribution is 7.16. The summed E-state index contributed by atoms with van der Waals surface area (Å²) in [6, 6.07) is 7.82. The predicted molar refractivity (Wildman–Crippen MR) is 80.4 cm³/mol. The fraction of sp³-hybridized carbons (Fsp3) is 0.333. The number of thiazole rings is 1. The summed E-state index contributed by atoms with van der Waals surface area (Å²) in [4.78, 5) is 19.5. The number of carbonyl (C=O) groups excluding carboxylic acids is 1. The Morgan fingerprint density at radius 3 is 2.95 bits per heavy atom. The van der Waals surface area contributed by atoms with Crippen molar-refractivity contribution < 1.29 is 9.53 Å². The van der Waals surface area contributed by atoms with Crippen LogP contribution in [-0.2, 0) is 6.42 Å². The van der Waals surface area contributed by atoms with Crippen molar-refractivity contribution in [2.24, 2.45) is 0 Å². The number of methoxy groups -OCH3 is 1. The lowest BCUT2D eigenvalue weighted by Crippen LogP contribution is -2.11. The Morgan fingerprint density at radius 2 is 2.20 bits per heavy atom. The Kier molecular flexibility index (Phi) is 3.44. The Balaban J connectivity index is 1.94. The highest BCUT2D eigenvalue weighted by atomic mass is 32.1. The van der Waals surface area contributed by atoms with Gasteiger partial charge in [-0.1, -0.05) is 6.07 Å². The van der Waals surface area contributed by atoms with E-state index in [2.05, 4.69) is 4.98 Å². The van der Waals surface area contributed by atoms with Gasteiger partial charge in [-0.15, -0.1) is 11.3 Å². The largest absolute Gasteiger partial charge is 0.497 e. The molecule has 1 heterocycles. The van der Waals surface area contributed by atoms with Crippen molar-refractivity contribution in [2.75, 3.05) is 19.1 Å². The number of ketones is 1. The first-order chi connectivity index (χ1) is 9.69. The fourth-order valence-electron chi connectivity index (χ4n) is 2.33. The molecule has 20 heavy (non-hydrogen) atoms. The molecular weight excluding hydrogens is 272 g/mol. The maximum absolute atomic E-state index is 11.9. The normalized spacial score (nSPS) is 14.0. The monoisotopic (exact) mass is 288 g/mol. The molecular formula is C15H16N2O2S. The van der Waals surface area contributed by atoms with Gasteiger partial charge in [0.25, 0.3) is 0 Å². The molecule has 0 spiro atoms. The summed E-state index contributed by atoms with van der Waals surface area (Å²) in [6.07, 6.45) is 2.53. The van der Waals surface area contributed by atoms with Crippen molar-refractivity contribution in [1.82, 2.24) is 4.98 Å². The minimum atomic E-state index is 0.174. The summed E-state index contributed by atoms with van der Waals surface area (Å²) in [5.41, 5.74) is 1.67. The molecule has 0 bridgehead atoms. The lowest BCUT2D eigenvalue weighted by molar-refractivity contribution is 0.0968. The molecule has 3 rings (SSSR count). The third kappa shape index (κ3) is 2.29. The van der Waals surface area contributed by atoms with Crippen molar-refractivity contribution >= 4 is 27.9 Å². The number of hydrogen-bond acceptors (Lipinski definition) is 5. The van der Waals surface area contributed by atoms with E-state index in [-0.39, 0.29) is 5.78 Å². The van der Waals surface area contributed by atoms with Crippen LogP contribution in [0, 0.1) is 0 Å². The zero-order valence-electron chi connectivity index (χ0n) is 11.5. The molecule has 1 aromatic heterocycles. The molecule has 0 saturated heterocycles. The summed E-state index contributed by atoms with van der Waals surface area (Å²) in [6.45, 7) is 0. The van der Waals surface area contributed by atoms with Crippen molar-refractivity contribution in [3.05, 3.63) is 34.8 Å². The molecule has 0 saturated carbocycles. The van der Waals surface area contributed by atoms with Crippen molar-refractivity contribution in [1.29, 1.82) is 0 Å².